The van der Waals surface area contributed by atoms with Gasteiger partial charge in [0.25, 0.3) is 0 Å². The monoisotopic (exact) mass is 408 g/mol. The van der Waals surface area contributed by atoms with Gasteiger partial charge in [0.15, 0.2) is 0 Å². The van der Waals surface area contributed by atoms with E-state index in [1.165, 1.54) is 6.92 Å². The highest BCUT2D eigenvalue weighted by atomic mass is 16.6. The molecule has 0 heterocycles. The summed E-state index contributed by atoms with van der Waals surface area (Å²) in [6.45, 7) is 9.89. The summed E-state index contributed by atoms with van der Waals surface area (Å²) in [6.07, 6.45) is -1.85. The maximum absolute atomic E-state index is 12.1. The first-order valence-electron chi connectivity index (χ1n) is 9.35. The highest BCUT2D eigenvalue weighted by molar-refractivity contribution is 5.86. The summed E-state index contributed by atoms with van der Waals surface area (Å²) in [6, 6.07) is -1.11. The Morgan fingerprint density at radius 3 is 1.89 bits per heavy atom. The Morgan fingerprint density at radius 1 is 0.929 bits per heavy atom. The molecule has 0 aliphatic carbocycles. The Hall–Kier alpha value is -1.46. The number of carbonyl (C=O) groups is 2. The third kappa shape index (κ3) is 15.6. The smallest absolute Gasteiger partial charge is 0.408 e. The maximum atomic E-state index is 12.1. The third-order valence-electron chi connectivity index (χ3n) is 3.16. The molecule has 2 amide bonds. The van der Waals surface area contributed by atoms with E-state index in [2.05, 4.69) is 10.6 Å². The SMILES string of the molecule is COCCOCCOCCOCCNC(=O)[C@@H](NC(=O)OC(C)(C)C)C(C)O. The fourth-order valence-corrected chi connectivity index (χ4v) is 1.88. The van der Waals surface area contributed by atoms with Crippen LogP contribution in [0.3, 0.4) is 0 Å². The van der Waals surface area contributed by atoms with E-state index in [9.17, 15) is 14.7 Å². The number of aliphatic hydroxyl groups is 1. The second-order valence-corrected chi connectivity index (χ2v) is 6.99. The number of rotatable bonds is 15. The fraction of sp³-hybridized carbons (Fsp3) is 0.889. The number of aliphatic hydroxyl groups excluding tert-OH is 1. The van der Waals surface area contributed by atoms with E-state index in [4.69, 9.17) is 23.7 Å². The molecule has 0 aliphatic heterocycles. The quantitative estimate of drug-likeness (QED) is 0.325. The topological polar surface area (TPSA) is 125 Å². The van der Waals surface area contributed by atoms with Gasteiger partial charge in [0, 0.05) is 13.7 Å². The van der Waals surface area contributed by atoms with E-state index in [0.29, 0.717) is 39.6 Å². The first kappa shape index (κ1) is 26.5. The molecule has 0 aromatic carbocycles. The summed E-state index contributed by atoms with van der Waals surface area (Å²) < 4.78 is 25.8. The predicted molar refractivity (Wildman–Crippen MR) is 102 cm³/mol. The molecule has 0 rings (SSSR count). The summed E-state index contributed by atoms with van der Waals surface area (Å²) >= 11 is 0. The molecule has 10 heteroatoms. The van der Waals surface area contributed by atoms with Gasteiger partial charge in [-0.15, -0.1) is 0 Å². The van der Waals surface area contributed by atoms with Crippen molar-refractivity contribution in [1.29, 1.82) is 0 Å². The van der Waals surface area contributed by atoms with Crippen LogP contribution in [0.4, 0.5) is 4.79 Å². The average Bonchev–Trinajstić information content (AvgIpc) is 2.58. The summed E-state index contributed by atoms with van der Waals surface area (Å²) in [7, 11) is 1.61. The molecule has 0 saturated heterocycles. The van der Waals surface area contributed by atoms with Gasteiger partial charge in [-0.1, -0.05) is 0 Å². The Morgan fingerprint density at radius 2 is 1.43 bits per heavy atom. The maximum Gasteiger partial charge on any atom is 0.408 e. The molecule has 0 aromatic rings. The second-order valence-electron chi connectivity index (χ2n) is 6.99. The van der Waals surface area contributed by atoms with Crippen LogP contribution < -0.4 is 10.6 Å². The van der Waals surface area contributed by atoms with Crippen LogP contribution in [0.1, 0.15) is 27.7 Å². The summed E-state index contributed by atoms with van der Waals surface area (Å²) in [5, 5.41) is 14.7. The highest BCUT2D eigenvalue weighted by Crippen LogP contribution is 2.07. The van der Waals surface area contributed by atoms with Crippen LogP contribution >= 0.6 is 0 Å². The number of carbonyl (C=O) groups excluding carboxylic acids is 2. The van der Waals surface area contributed by atoms with Crippen LogP contribution in [0, 0.1) is 0 Å². The van der Waals surface area contributed by atoms with Crippen LogP contribution in [0.5, 0.6) is 0 Å². The van der Waals surface area contributed by atoms with E-state index < -0.39 is 29.7 Å². The zero-order valence-electron chi connectivity index (χ0n) is 17.6. The lowest BCUT2D eigenvalue weighted by atomic mass is 10.1. The van der Waals surface area contributed by atoms with Crippen molar-refractivity contribution < 1.29 is 38.4 Å². The van der Waals surface area contributed by atoms with Gasteiger partial charge in [0.05, 0.1) is 52.4 Å². The molecule has 10 nitrogen and oxygen atoms in total. The zero-order chi connectivity index (χ0) is 21.4. The Bertz CT molecular complexity index is 426. The molecule has 0 fully saturated rings. The molecular formula is C18H36N2O8. The fourth-order valence-electron chi connectivity index (χ4n) is 1.88. The summed E-state index contributed by atoms with van der Waals surface area (Å²) in [5.74, 6) is -0.520. The van der Waals surface area contributed by atoms with Crippen LogP contribution in [0.25, 0.3) is 0 Å². The predicted octanol–water partition coefficient (Wildman–Crippen LogP) is 0.0729. The van der Waals surface area contributed by atoms with E-state index in [0.717, 1.165) is 0 Å². The van der Waals surface area contributed by atoms with E-state index >= 15 is 0 Å². The van der Waals surface area contributed by atoms with Crippen molar-refractivity contribution in [3.63, 3.8) is 0 Å². The summed E-state index contributed by atoms with van der Waals surface area (Å²) in [5.41, 5.74) is -0.699. The van der Waals surface area contributed by atoms with Crippen molar-refractivity contribution in [2.75, 3.05) is 59.9 Å². The molecule has 0 radical (unpaired) electrons. The van der Waals surface area contributed by atoms with Gasteiger partial charge in [0.1, 0.15) is 11.6 Å². The molecule has 0 spiro atoms. The van der Waals surface area contributed by atoms with Gasteiger partial charge < -0.3 is 39.4 Å². The van der Waals surface area contributed by atoms with E-state index in [1.54, 1.807) is 27.9 Å². The molecule has 0 saturated carbocycles. The van der Waals surface area contributed by atoms with Crippen molar-refractivity contribution in [2.24, 2.45) is 0 Å². The van der Waals surface area contributed by atoms with Crippen LogP contribution in [0.15, 0.2) is 0 Å². The lowest BCUT2D eigenvalue weighted by Crippen LogP contribution is -2.53. The number of ether oxygens (including phenoxy) is 5. The van der Waals surface area contributed by atoms with Gasteiger partial charge in [-0.3, -0.25) is 4.79 Å². The standard InChI is InChI=1S/C18H36N2O8/c1-14(21)15(20-17(23)28-18(2,3)4)16(22)19-6-7-25-10-11-27-13-12-26-9-8-24-5/h14-15,21H,6-13H2,1-5H3,(H,19,22)(H,20,23)/t14?,15-/m0/s1. The van der Waals surface area contributed by atoms with Crippen LogP contribution in [0.2, 0.25) is 0 Å². The lowest BCUT2D eigenvalue weighted by Gasteiger charge is -2.24. The van der Waals surface area contributed by atoms with E-state index in [-0.39, 0.29) is 13.2 Å². The second kappa shape index (κ2) is 15.5. The number of nitrogens with one attached hydrogen (secondary N) is 2. The van der Waals surface area contributed by atoms with Crippen molar-refractivity contribution >= 4 is 12.0 Å². The molecule has 3 N–H and O–H groups in total. The van der Waals surface area contributed by atoms with Gasteiger partial charge in [-0.25, -0.2) is 4.79 Å². The molecule has 2 atom stereocenters. The van der Waals surface area contributed by atoms with E-state index in [1.807, 2.05) is 0 Å². The minimum Gasteiger partial charge on any atom is -0.444 e. The molecular weight excluding hydrogens is 372 g/mol. The molecule has 0 aromatic heterocycles. The number of methoxy groups -OCH3 is 1. The van der Waals surface area contributed by atoms with Crippen molar-refractivity contribution in [2.45, 2.75) is 45.4 Å². The number of alkyl carbamates (subject to hydrolysis) is 1. The minimum absolute atomic E-state index is 0.234. The average molecular weight is 408 g/mol. The molecule has 1 unspecified atom stereocenters. The normalized spacial score (nSPS) is 13.6. The summed E-state index contributed by atoms with van der Waals surface area (Å²) in [4.78, 5) is 23.9. The lowest BCUT2D eigenvalue weighted by molar-refractivity contribution is -0.125. The van der Waals surface area contributed by atoms with Crippen molar-refractivity contribution in [1.82, 2.24) is 10.6 Å². The molecule has 0 bridgehead atoms. The number of hydrogen-bond donors (Lipinski definition) is 3. The van der Waals surface area contributed by atoms with Crippen LogP contribution in [-0.2, 0) is 28.5 Å². The van der Waals surface area contributed by atoms with Crippen molar-refractivity contribution in [3.05, 3.63) is 0 Å². The minimum atomic E-state index is -1.11. The van der Waals surface area contributed by atoms with Crippen molar-refractivity contribution in [3.8, 4) is 0 Å². The van der Waals surface area contributed by atoms with Crippen LogP contribution in [-0.4, -0.2) is 94.8 Å². The largest absolute Gasteiger partial charge is 0.444 e. The Labute approximate surface area is 167 Å². The first-order valence-corrected chi connectivity index (χ1v) is 9.35. The van der Waals surface area contributed by atoms with Gasteiger partial charge in [0.2, 0.25) is 5.91 Å². The zero-order valence-corrected chi connectivity index (χ0v) is 17.6. The highest BCUT2D eigenvalue weighted by Gasteiger charge is 2.27. The third-order valence-corrected chi connectivity index (χ3v) is 3.16. The molecule has 28 heavy (non-hydrogen) atoms. The number of hydrogen-bond acceptors (Lipinski definition) is 8. The Balaban J connectivity index is 3.82. The molecule has 0 aliphatic rings. The van der Waals surface area contributed by atoms with Gasteiger partial charge >= 0.3 is 6.09 Å². The first-order chi connectivity index (χ1) is 13.2. The van der Waals surface area contributed by atoms with Gasteiger partial charge in [-0.05, 0) is 27.7 Å². The number of amides is 2. The van der Waals surface area contributed by atoms with Gasteiger partial charge in [-0.2, -0.15) is 0 Å². The molecule has 166 valence electrons. The Kier molecular flexibility index (Phi) is 14.7.